The van der Waals surface area contributed by atoms with Crippen LogP contribution in [-0.4, -0.2) is 38.4 Å². The Balaban J connectivity index is 3.03. The first-order valence-electron chi connectivity index (χ1n) is 11.4. The smallest absolute Gasteiger partial charge is 0.264 e. The Morgan fingerprint density at radius 2 is 0.889 bits per heavy atom. The third kappa shape index (κ3) is 25.8. The average Bonchev–Trinajstić information content (AvgIpc) is 2.62. The molecule has 0 saturated carbocycles. The van der Waals surface area contributed by atoms with Gasteiger partial charge >= 0.3 is 0 Å². The van der Waals surface area contributed by atoms with E-state index in [0.29, 0.717) is 6.42 Å². The molecule has 0 aliphatic heterocycles. The second-order valence-corrected chi connectivity index (χ2v) is 9.41. The molecule has 164 valence electrons. The van der Waals surface area contributed by atoms with Gasteiger partial charge in [0.05, 0.1) is 5.75 Å². The molecule has 5 nitrogen and oxygen atoms in total. The summed E-state index contributed by atoms with van der Waals surface area (Å²) in [6.45, 7) is 2.69. The molecule has 0 radical (unpaired) electrons. The lowest BCUT2D eigenvalue weighted by atomic mass is 10.0. The fourth-order valence-corrected chi connectivity index (χ4v) is 3.92. The normalized spacial score (nSPS) is 11.9. The summed E-state index contributed by atoms with van der Waals surface area (Å²) in [6, 6.07) is 0. The standard InChI is InChI=1S/C21H46N2O3S/c22-18-14-12-10-8-6-4-2-1-3-5-7-9-11-13-15-19-23-20-16-17-21-27(24,25)26/h23H,1-22H2,(H,24,25,26). The van der Waals surface area contributed by atoms with Gasteiger partial charge in [0.15, 0.2) is 0 Å². The Morgan fingerprint density at radius 3 is 1.26 bits per heavy atom. The summed E-state index contributed by atoms with van der Waals surface area (Å²) in [5, 5.41) is 3.34. The molecule has 0 aliphatic rings. The Kier molecular flexibility index (Phi) is 20.4. The molecule has 0 aliphatic carbocycles. The number of hydrogen-bond donors (Lipinski definition) is 3. The van der Waals surface area contributed by atoms with Gasteiger partial charge in [0, 0.05) is 0 Å². The first-order chi connectivity index (χ1) is 13.1. The minimum Gasteiger partial charge on any atom is -0.330 e. The number of rotatable bonds is 22. The van der Waals surface area contributed by atoms with E-state index in [9.17, 15) is 8.42 Å². The fraction of sp³-hybridized carbons (Fsp3) is 1.00. The first-order valence-corrected chi connectivity index (χ1v) is 13.0. The third-order valence-electron chi connectivity index (χ3n) is 5.06. The van der Waals surface area contributed by atoms with Gasteiger partial charge in [0.1, 0.15) is 0 Å². The maximum atomic E-state index is 10.6. The molecular formula is C21H46N2O3S. The van der Waals surface area contributed by atoms with Crippen molar-refractivity contribution in [2.75, 3.05) is 25.4 Å². The summed E-state index contributed by atoms with van der Waals surface area (Å²) in [6.07, 6.45) is 21.5. The van der Waals surface area contributed by atoms with Crippen molar-refractivity contribution in [1.29, 1.82) is 0 Å². The predicted octanol–water partition coefficient (Wildman–Crippen LogP) is 5.05. The van der Waals surface area contributed by atoms with Crippen LogP contribution in [0.2, 0.25) is 0 Å². The van der Waals surface area contributed by atoms with E-state index < -0.39 is 10.1 Å². The molecule has 0 spiro atoms. The molecule has 4 N–H and O–H groups in total. The van der Waals surface area contributed by atoms with Gasteiger partial charge in [0.25, 0.3) is 10.1 Å². The molecule has 0 heterocycles. The van der Waals surface area contributed by atoms with E-state index in [2.05, 4.69) is 5.32 Å². The highest BCUT2D eigenvalue weighted by Gasteiger charge is 2.02. The second-order valence-electron chi connectivity index (χ2n) is 7.84. The van der Waals surface area contributed by atoms with Crippen LogP contribution in [0.15, 0.2) is 0 Å². The van der Waals surface area contributed by atoms with Crippen molar-refractivity contribution in [3.05, 3.63) is 0 Å². The zero-order valence-electron chi connectivity index (χ0n) is 17.6. The quantitative estimate of drug-likeness (QED) is 0.173. The summed E-state index contributed by atoms with van der Waals surface area (Å²) in [4.78, 5) is 0. The zero-order chi connectivity index (χ0) is 20.1. The van der Waals surface area contributed by atoms with Gasteiger partial charge in [-0.15, -0.1) is 0 Å². The van der Waals surface area contributed by atoms with Gasteiger partial charge in [-0.2, -0.15) is 8.42 Å². The van der Waals surface area contributed by atoms with E-state index in [-0.39, 0.29) is 5.75 Å². The number of nitrogens with one attached hydrogen (secondary N) is 1. The number of hydrogen-bond acceptors (Lipinski definition) is 4. The maximum Gasteiger partial charge on any atom is 0.264 e. The summed E-state index contributed by atoms with van der Waals surface area (Å²) in [5.41, 5.74) is 5.50. The molecule has 0 atom stereocenters. The van der Waals surface area contributed by atoms with Crippen LogP contribution in [0, 0.1) is 0 Å². The van der Waals surface area contributed by atoms with Crippen molar-refractivity contribution in [3.63, 3.8) is 0 Å². The molecule has 6 heteroatoms. The molecule has 0 bridgehead atoms. The minimum atomic E-state index is -3.78. The van der Waals surface area contributed by atoms with Crippen LogP contribution in [-0.2, 0) is 10.1 Å². The van der Waals surface area contributed by atoms with Crippen LogP contribution >= 0.6 is 0 Å². The van der Waals surface area contributed by atoms with Gasteiger partial charge < -0.3 is 11.1 Å². The van der Waals surface area contributed by atoms with Gasteiger partial charge in [-0.3, -0.25) is 4.55 Å². The maximum absolute atomic E-state index is 10.6. The van der Waals surface area contributed by atoms with Crippen LogP contribution in [0.25, 0.3) is 0 Å². The van der Waals surface area contributed by atoms with Gasteiger partial charge in [-0.05, 0) is 45.3 Å². The lowest BCUT2D eigenvalue weighted by Crippen LogP contribution is -2.17. The van der Waals surface area contributed by atoms with E-state index in [1.807, 2.05) is 0 Å². The molecule has 27 heavy (non-hydrogen) atoms. The van der Waals surface area contributed by atoms with E-state index in [4.69, 9.17) is 10.3 Å². The van der Waals surface area contributed by atoms with E-state index in [0.717, 1.165) is 26.1 Å². The lowest BCUT2D eigenvalue weighted by molar-refractivity contribution is 0.479. The summed E-state index contributed by atoms with van der Waals surface area (Å²) in [5.74, 6) is -0.121. The highest BCUT2D eigenvalue weighted by Crippen LogP contribution is 2.13. The molecule has 0 unspecified atom stereocenters. The second kappa shape index (κ2) is 20.6. The van der Waals surface area contributed by atoms with Gasteiger partial charge in [-0.1, -0.05) is 83.5 Å². The van der Waals surface area contributed by atoms with Crippen LogP contribution in [0.5, 0.6) is 0 Å². The fourth-order valence-electron chi connectivity index (χ4n) is 3.35. The van der Waals surface area contributed by atoms with Crippen LogP contribution in [0.4, 0.5) is 0 Å². The molecule has 0 aromatic heterocycles. The predicted molar refractivity (Wildman–Crippen MR) is 117 cm³/mol. The molecule has 0 saturated heterocycles. The van der Waals surface area contributed by atoms with E-state index in [1.165, 1.54) is 96.3 Å². The van der Waals surface area contributed by atoms with Crippen molar-refractivity contribution in [3.8, 4) is 0 Å². The molecule has 0 aromatic rings. The summed E-state index contributed by atoms with van der Waals surface area (Å²) < 4.78 is 29.8. The van der Waals surface area contributed by atoms with Crippen molar-refractivity contribution in [2.45, 2.75) is 109 Å². The van der Waals surface area contributed by atoms with Crippen molar-refractivity contribution in [1.82, 2.24) is 5.32 Å². The largest absolute Gasteiger partial charge is 0.330 e. The number of nitrogens with two attached hydrogens (primary N) is 1. The number of unbranched alkanes of at least 4 members (excludes halogenated alkanes) is 15. The van der Waals surface area contributed by atoms with Gasteiger partial charge in [-0.25, -0.2) is 0 Å². The van der Waals surface area contributed by atoms with Crippen molar-refractivity contribution in [2.24, 2.45) is 5.73 Å². The molecule has 0 amide bonds. The summed E-state index contributed by atoms with van der Waals surface area (Å²) in [7, 11) is -3.78. The Labute approximate surface area is 169 Å². The zero-order valence-corrected chi connectivity index (χ0v) is 18.4. The molecule has 0 rings (SSSR count). The Bertz CT molecular complexity index is 389. The monoisotopic (exact) mass is 406 g/mol. The highest BCUT2D eigenvalue weighted by atomic mass is 32.2. The van der Waals surface area contributed by atoms with Crippen LogP contribution in [0.3, 0.4) is 0 Å². The van der Waals surface area contributed by atoms with Crippen LogP contribution < -0.4 is 11.1 Å². The highest BCUT2D eigenvalue weighted by molar-refractivity contribution is 7.85. The topological polar surface area (TPSA) is 92.4 Å². The van der Waals surface area contributed by atoms with Crippen molar-refractivity contribution >= 4 is 10.1 Å². The minimum absolute atomic E-state index is 0.121. The average molecular weight is 407 g/mol. The van der Waals surface area contributed by atoms with E-state index >= 15 is 0 Å². The SMILES string of the molecule is NCCCCCCCCCCCCCCCCCNCCCCS(=O)(=O)O. The van der Waals surface area contributed by atoms with Gasteiger partial charge in [0.2, 0.25) is 0 Å². The molecule has 0 fully saturated rings. The summed E-state index contributed by atoms with van der Waals surface area (Å²) >= 11 is 0. The Hall–Kier alpha value is -0.170. The Morgan fingerprint density at radius 1 is 0.556 bits per heavy atom. The van der Waals surface area contributed by atoms with E-state index in [1.54, 1.807) is 0 Å². The van der Waals surface area contributed by atoms with Crippen molar-refractivity contribution < 1.29 is 13.0 Å². The lowest BCUT2D eigenvalue weighted by Gasteiger charge is -2.05. The molecule has 0 aromatic carbocycles. The molecular weight excluding hydrogens is 360 g/mol. The first kappa shape index (κ1) is 26.8. The third-order valence-corrected chi connectivity index (χ3v) is 5.87. The van der Waals surface area contributed by atoms with Crippen LogP contribution in [0.1, 0.15) is 109 Å².